The van der Waals surface area contributed by atoms with Gasteiger partial charge in [0, 0.05) is 11.1 Å². The summed E-state index contributed by atoms with van der Waals surface area (Å²) in [6.45, 7) is 2.73. The molecule has 0 unspecified atom stereocenters. The number of aromatic amines is 1. The molecule has 0 aliphatic carbocycles. The molecule has 2 aromatic carbocycles. The summed E-state index contributed by atoms with van der Waals surface area (Å²) in [6.07, 6.45) is -0.310. The van der Waals surface area contributed by atoms with E-state index in [1.807, 2.05) is 54.0 Å². The van der Waals surface area contributed by atoms with Crippen LogP contribution in [0.4, 0.5) is 0 Å². The number of H-pyrrole nitrogens is 1. The fraction of sp³-hybridized carbons (Fsp3) is 0.222. The highest BCUT2D eigenvalue weighted by Gasteiger charge is 2.19. The van der Waals surface area contributed by atoms with Crippen LogP contribution in [-0.2, 0) is 6.54 Å². The highest BCUT2D eigenvalue weighted by molar-refractivity contribution is 7.71. The van der Waals surface area contributed by atoms with Crippen molar-refractivity contribution in [3.05, 3.63) is 63.6 Å². The Morgan fingerprint density at radius 2 is 2.00 bits per heavy atom. The van der Waals surface area contributed by atoms with Crippen LogP contribution in [0.1, 0.15) is 24.4 Å². The summed E-state index contributed by atoms with van der Waals surface area (Å²) in [7, 11) is 0. The third-order valence-electron chi connectivity index (χ3n) is 4.06. The fourth-order valence-electron chi connectivity index (χ4n) is 2.77. The Morgan fingerprint density at radius 1 is 1.23 bits per heavy atom. The van der Waals surface area contributed by atoms with Crippen molar-refractivity contribution in [1.82, 2.24) is 14.8 Å². The van der Waals surface area contributed by atoms with Crippen molar-refractivity contribution in [1.29, 1.82) is 0 Å². The number of ether oxygens (including phenoxy) is 3. The van der Waals surface area contributed by atoms with Crippen LogP contribution >= 0.6 is 23.8 Å². The third-order valence-corrected chi connectivity index (χ3v) is 4.63. The second-order valence-electron chi connectivity index (χ2n) is 5.87. The molecule has 26 heavy (non-hydrogen) atoms. The maximum Gasteiger partial charge on any atom is 0.231 e. The van der Waals surface area contributed by atoms with Gasteiger partial charge in [-0.15, -0.1) is 0 Å². The SMILES string of the molecule is C[C@H](Oc1ccc2c(c1)OCO2)c1n[nH]c(=S)n1Cc1ccc(Cl)cc1. The topological polar surface area (TPSA) is 61.3 Å². The quantitative estimate of drug-likeness (QED) is 0.650. The lowest BCUT2D eigenvalue weighted by atomic mass is 10.2. The highest BCUT2D eigenvalue weighted by atomic mass is 35.5. The lowest BCUT2D eigenvalue weighted by molar-refractivity contribution is 0.173. The van der Waals surface area contributed by atoms with Crippen molar-refractivity contribution in [3.63, 3.8) is 0 Å². The lowest BCUT2D eigenvalue weighted by Crippen LogP contribution is -2.13. The molecule has 1 aliphatic rings. The van der Waals surface area contributed by atoms with E-state index in [0.717, 1.165) is 11.3 Å². The number of rotatable bonds is 5. The summed E-state index contributed by atoms with van der Waals surface area (Å²) >= 11 is 11.3. The Bertz CT molecular complexity index is 984. The van der Waals surface area contributed by atoms with Gasteiger partial charge in [0.15, 0.2) is 28.2 Å². The van der Waals surface area contributed by atoms with E-state index in [4.69, 9.17) is 38.0 Å². The van der Waals surface area contributed by atoms with Gasteiger partial charge >= 0.3 is 0 Å². The largest absolute Gasteiger partial charge is 0.483 e. The molecule has 6 nitrogen and oxygen atoms in total. The molecule has 0 saturated carbocycles. The predicted octanol–water partition coefficient (Wildman–Crippen LogP) is 4.51. The molecule has 2 heterocycles. The molecule has 1 atom stereocenters. The Balaban J connectivity index is 1.55. The van der Waals surface area contributed by atoms with E-state index in [0.29, 0.717) is 33.7 Å². The second-order valence-corrected chi connectivity index (χ2v) is 6.70. The molecule has 0 amide bonds. The number of halogens is 1. The number of fused-ring (bicyclic) bond motifs is 1. The first-order valence-corrected chi connectivity index (χ1v) is 8.84. The third kappa shape index (κ3) is 3.40. The van der Waals surface area contributed by atoms with Gasteiger partial charge in [0.2, 0.25) is 6.79 Å². The molecule has 0 radical (unpaired) electrons. The molecule has 0 bridgehead atoms. The van der Waals surface area contributed by atoms with Crippen molar-refractivity contribution in [2.45, 2.75) is 19.6 Å². The maximum atomic E-state index is 6.03. The van der Waals surface area contributed by atoms with E-state index in [1.165, 1.54) is 0 Å². The van der Waals surface area contributed by atoms with Crippen LogP contribution in [-0.4, -0.2) is 21.6 Å². The molecule has 1 aromatic heterocycles. The number of hydrogen-bond donors (Lipinski definition) is 1. The van der Waals surface area contributed by atoms with E-state index in [2.05, 4.69) is 10.2 Å². The van der Waals surface area contributed by atoms with Crippen LogP contribution in [0.3, 0.4) is 0 Å². The molecule has 8 heteroatoms. The van der Waals surface area contributed by atoms with Gasteiger partial charge in [-0.25, -0.2) is 0 Å². The van der Waals surface area contributed by atoms with E-state index in [-0.39, 0.29) is 12.9 Å². The van der Waals surface area contributed by atoms with Gasteiger partial charge in [0.1, 0.15) is 5.75 Å². The minimum Gasteiger partial charge on any atom is -0.483 e. The van der Waals surface area contributed by atoms with Crippen molar-refractivity contribution >= 4 is 23.8 Å². The zero-order chi connectivity index (χ0) is 18.1. The molecular formula is C18H16ClN3O3S. The zero-order valence-corrected chi connectivity index (χ0v) is 15.5. The molecule has 3 aromatic rings. The number of hydrogen-bond acceptors (Lipinski definition) is 5. The Labute approximate surface area is 160 Å². The van der Waals surface area contributed by atoms with Crippen molar-refractivity contribution in [2.75, 3.05) is 6.79 Å². The van der Waals surface area contributed by atoms with Crippen LogP contribution in [0.5, 0.6) is 17.2 Å². The second kappa shape index (κ2) is 7.01. The van der Waals surface area contributed by atoms with E-state index >= 15 is 0 Å². The Kier molecular flexibility index (Phi) is 4.57. The molecule has 0 fully saturated rings. The standard InChI is InChI=1S/C18H16ClN3O3S/c1-11(25-14-6-7-15-16(8-14)24-10-23-15)17-20-21-18(26)22(17)9-12-2-4-13(19)5-3-12/h2-8,11H,9-10H2,1H3,(H,21,26)/t11-/m0/s1. The highest BCUT2D eigenvalue weighted by Crippen LogP contribution is 2.36. The zero-order valence-electron chi connectivity index (χ0n) is 13.9. The van der Waals surface area contributed by atoms with Crippen molar-refractivity contribution in [3.8, 4) is 17.2 Å². The molecule has 1 aliphatic heterocycles. The summed E-state index contributed by atoms with van der Waals surface area (Å²) in [5, 5.41) is 7.88. The van der Waals surface area contributed by atoms with Gasteiger partial charge in [0.25, 0.3) is 0 Å². The molecule has 0 saturated heterocycles. The van der Waals surface area contributed by atoms with E-state index < -0.39 is 0 Å². The Hall–Kier alpha value is -2.51. The van der Waals surface area contributed by atoms with Crippen LogP contribution in [0.2, 0.25) is 5.02 Å². The number of benzene rings is 2. The van der Waals surface area contributed by atoms with Gasteiger partial charge in [0.05, 0.1) is 6.54 Å². The van der Waals surface area contributed by atoms with Crippen molar-refractivity contribution in [2.24, 2.45) is 0 Å². The van der Waals surface area contributed by atoms with Crippen molar-refractivity contribution < 1.29 is 14.2 Å². The molecule has 1 N–H and O–H groups in total. The summed E-state index contributed by atoms with van der Waals surface area (Å²) in [5.41, 5.74) is 1.07. The van der Waals surface area contributed by atoms with E-state index in [1.54, 1.807) is 0 Å². The normalized spacial score (nSPS) is 13.6. The summed E-state index contributed by atoms with van der Waals surface area (Å²) in [6, 6.07) is 13.1. The summed E-state index contributed by atoms with van der Waals surface area (Å²) in [4.78, 5) is 0. The Morgan fingerprint density at radius 3 is 2.81 bits per heavy atom. The molecule has 4 rings (SSSR count). The minimum atomic E-state index is -0.310. The average Bonchev–Trinajstić information content (AvgIpc) is 3.23. The molecule has 134 valence electrons. The smallest absolute Gasteiger partial charge is 0.231 e. The van der Waals surface area contributed by atoms with Crippen LogP contribution in [0, 0.1) is 4.77 Å². The van der Waals surface area contributed by atoms with Gasteiger partial charge in [-0.3, -0.25) is 9.67 Å². The first-order valence-electron chi connectivity index (χ1n) is 8.06. The molecule has 0 spiro atoms. The predicted molar refractivity (Wildman–Crippen MR) is 99.6 cm³/mol. The number of nitrogens with zero attached hydrogens (tertiary/aromatic N) is 2. The van der Waals surface area contributed by atoms with E-state index in [9.17, 15) is 0 Å². The van der Waals surface area contributed by atoms with Gasteiger partial charge in [-0.1, -0.05) is 23.7 Å². The van der Waals surface area contributed by atoms with Gasteiger partial charge in [-0.05, 0) is 49.0 Å². The van der Waals surface area contributed by atoms with Crippen LogP contribution in [0.25, 0.3) is 0 Å². The minimum absolute atomic E-state index is 0.230. The maximum absolute atomic E-state index is 6.03. The summed E-state index contributed by atoms with van der Waals surface area (Å²) < 4.78 is 19.2. The van der Waals surface area contributed by atoms with Crippen LogP contribution in [0.15, 0.2) is 42.5 Å². The first-order chi connectivity index (χ1) is 12.6. The average molecular weight is 390 g/mol. The monoisotopic (exact) mass is 389 g/mol. The molecular weight excluding hydrogens is 374 g/mol. The summed E-state index contributed by atoms with van der Waals surface area (Å²) in [5.74, 6) is 2.78. The number of nitrogens with one attached hydrogen (secondary N) is 1. The lowest BCUT2D eigenvalue weighted by Gasteiger charge is -2.16. The first kappa shape index (κ1) is 16.9. The van der Waals surface area contributed by atoms with Gasteiger partial charge < -0.3 is 14.2 Å². The van der Waals surface area contributed by atoms with Gasteiger partial charge in [-0.2, -0.15) is 5.10 Å². The number of aromatic nitrogens is 3. The van der Waals surface area contributed by atoms with Crippen LogP contribution < -0.4 is 14.2 Å². The fourth-order valence-corrected chi connectivity index (χ4v) is 3.10.